The highest BCUT2D eigenvalue weighted by Gasteiger charge is 2.35. The van der Waals surface area contributed by atoms with E-state index in [2.05, 4.69) is 10.0 Å². The molecule has 2 aromatic carbocycles. The van der Waals surface area contributed by atoms with Gasteiger partial charge in [-0.2, -0.15) is 0 Å². The standard InChI is InChI=1S/C18H19ClN2O3S/c1-20-18(22)14-6-10-16(11-7-14)25(23,24)21-17(12-2-3-12)13-4-8-15(19)9-5-13/h4-12,17,21H,2-3H2,1H3,(H,20,22). The van der Waals surface area contributed by atoms with Gasteiger partial charge < -0.3 is 5.32 Å². The molecule has 1 aliphatic carbocycles. The molecule has 1 fully saturated rings. The molecule has 0 aliphatic heterocycles. The van der Waals surface area contributed by atoms with Crippen molar-refractivity contribution in [2.75, 3.05) is 7.05 Å². The third kappa shape index (κ3) is 4.21. The lowest BCUT2D eigenvalue weighted by Gasteiger charge is -2.19. The summed E-state index contributed by atoms with van der Waals surface area (Å²) >= 11 is 5.92. The van der Waals surface area contributed by atoms with Crippen molar-refractivity contribution in [1.29, 1.82) is 0 Å². The van der Waals surface area contributed by atoms with Gasteiger partial charge in [-0.3, -0.25) is 4.79 Å². The van der Waals surface area contributed by atoms with Crippen LogP contribution in [-0.4, -0.2) is 21.4 Å². The predicted molar refractivity (Wildman–Crippen MR) is 97.1 cm³/mol. The number of rotatable bonds is 6. The van der Waals surface area contributed by atoms with Gasteiger partial charge in [0.05, 0.1) is 4.90 Å². The van der Waals surface area contributed by atoms with Gasteiger partial charge in [-0.1, -0.05) is 23.7 Å². The van der Waals surface area contributed by atoms with Crippen molar-refractivity contribution in [2.24, 2.45) is 5.92 Å². The number of benzene rings is 2. The highest BCUT2D eigenvalue weighted by Crippen LogP contribution is 2.42. The SMILES string of the molecule is CNC(=O)c1ccc(S(=O)(=O)NC(c2ccc(Cl)cc2)C2CC2)cc1. The van der Waals surface area contributed by atoms with Crippen molar-refractivity contribution < 1.29 is 13.2 Å². The Morgan fingerprint density at radius 2 is 1.68 bits per heavy atom. The van der Waals surface area contributed by atoms with Crippen LogP contribution in [0, 0.1) is 5.92 Å². The van der Waals surface area contributed by atoms with Gasteiger partial charge in [0, 0.05) is 23.7 Å². The van der Waals surface area contributed by atoms with E-state index in [1.54, 1.807) is 12.1 Å². The van der Waals surface area contributed by atoms with Crippen LogP contribution in [0.3, 0.4) is 0 Å². The lowest BCUT2D eigenvalue weighted by atomic mass is 10.0. The number of amides is 1. The zero-order valence-electron chi connectivity index (χ0n) is 13.7. The van der Waals surface area contributed by atoms with E-state index in [4.69, 9.17) is 11.6 Å². The molecular weight excluding hydrogens is 360 g/mol. The molecule has 1 atom stereocenters. The Morgan fingerprint density at radius 3 is 2.20 bits per heavy atom. The Kier molecular flexibility index (Phi) is 5.13. The van der Waals surface area contributed by atoms with Crippen molar-refractivity contribution in [2.45, 2.75) is 23.8 Å². The average molecular weight is 379 g/mol. The number of sulfonamides is 1. The van der Waals surface area contributed by atoms with Gasteiger partial charge in [0.2, 0.25) is 10.0 Å². The Labute approximate surface area is 152 Å². The minimum Gasteiger partial charge on any atom is -0.355 e. The molecule has 0 saturated heterocycles. The van der Waals surface area contributed by atoms with Gasteiger partial charge in [0.25, 0.3) is 5.91 Å². The zero-order valence-corrected chi connectivity index (χ0v) is 15.3. The zero-order chi connectivity index (χ0) is 18.0. The second-order valence-corrected chi connectivity index (χ2v) is 8.24. The van der Waals surface area contributed by atoms with Crippen molar-refractivity contribution in [1.82, 2.24) is 10.0 Å². The molecule has 3 rings (SSSR count). The summed E-state index contributed by atoms with van der Waals surface area (Å²) in [5.74, 6) is 0.0371. The Bertz CT molecular complexity index is 860. The van der Waals surface area contributed by atoms with Crippen molar-refractivity contribution in [3.63, 3.8) is 0 Å². The van der Waals surface area contributed by atoms with Crippen molar-refractivity contribution in [3.05, 3.63) is 64.7 Å². The molecule has 1 unspecified atom stereocenters. The molecule has 2 aromatic rings. The summed E-state index contributed by atoms with van der Waals surface area (Å²) < 4.78 is 28.3. The second kappa shape index (κ2) is 7.15. The van der Waals surface area contributed by atoms with E-state index in [0.717, 1.165) is 18.4 Å². The molecule has 132 valence electrons. The van der Waals surface area contributed by atoms with Gasteiger partial charge in [-0.15, -0.1) is 0 Å². The second-order valence-electron chi connectivity index (χ2n) is 6.09. The lowest BCUT2D eigenvalue weighted by Crippen LogP contribution is -2.30. The smallest absolute Gasteiger partial charge is 0.251 e. The topological polar surface area (TPSA) is 75.3 Å². The quantitative estimate of drug-likeness (QED) is 0.810. The lowest BCUT2D eigenvalue weighted by molar-refractivity contribution is 0.0963. The third-order valence-electron chi connectivity index (χ3n) is 4.26. The number of carbonyl (C=O) groups is 1. The van der Waals surface area contributed by atoms with E-state index < -0.39 is 10.0 Å². The monoisotopic (exact) mass is 378 g/mol. The van der Waals surface area contributed by atoms with Crippen LogP contribution in [0.5, 0.6) is 0 Å². The first-order valence-corrected chi connectivity index (χ1v) is 9.87. The minimum absolute atomic E-state index is 0.139. The van der Waals surface area contributed by atoms with E-state index >= 15 is 0 Å². The van der Waals surface area contributed by atoms with Crippen LogP contribution < -0.4 is 10.0 Å². The van der Waals surface area contributed by atoms with E-state index in [1.165, 1.54) is 31.3 Å². The average Bonchev–Trinajstić information content (AvgIpc) is 3.45. The molecule has 1 aliphatic rings. The molecule has 5 nitrogen and oxygen atoms in total. The van der Waals surface area contributed by atoms with Crippen LogP contribution in [0.4, 0.5) is 0 Å². The van der Waals surface area contributed by atoms with Gasteiger partial charge >= 0.3 is 0 Å². The summed E-state index contributed by atoms with van der Waals surface area (Å²) in [6.45, 7) is 0. The third-order valence-corrected chi connectivity index (χ3v) is 5.97. The van der Waals surface area contributed by atoms with Crippen molar-refractivity contribution >= 4 is 27.5 Å². The Balaban J connectivity index is 1.83. The maximum Gasteiger partial charge on any atom is 0.251 e. The summed E-state index contributed by atoms with van der Waals surface area (Å²) in [4.78, 5) is 11.7. The van der Waals surface area contributed by atoms with Gasteiger partial charge in [-0.05, 0) is 60.7 Å². The summed E-state index contributed by atoms with van der Waals surface area (Å²) in [7, 11) is -2.16. The van der Waals surface area contributed by atoms with Crippen LogP contribution in [0.25, 0.3) is 0 Å². The van der Waals surface area contributed by atoms with E-state index in [-0.39, 0.29) is 16.8 Å². The molecule has 0 aromatic heterocycles. The molecule has 0 bridgehead atoms. The summed E-state index contributed by atoms with van der Waals surface area (Å²) in [5.41, 5.74) is 1.32. The Hall–Kier alpha value is -1.89. The molecule has 1 amide bonds. The van der Waals surface area contributed by atoms with Crippen LogP contribution in [0.1, 0.15) is 34.8 Å². The molecule has 0 heterocycles. The first-order valence-electron chi connectivity index (χ1n) is 8.00. The number of hydrogen-bond donors (Lipinski definition) is 2. The first-order chi connectivity index (χ1) is 11.9. The molecule has 25 heavy (non-hydrogen) atoms. The normalized spacial score (nSPS) is 15.6. The molecule has 0 radical (unpaired) electrons. The first kappa shape index (κ1) is 17.9. The van der Waals surface area contributed by atoms with Crippen LogP contribution in [0.15, 0.2) is 53.4 Å². The van der Waals surface area contributed by atoms with Gasteiger partial charge in [-0.25, -0.2) is 13.1 Å². The fraction of sp³-hybridized carbons (Fsp3) is 0.278. The summed E-state index contributed by atoms with van der Waals surface area (Å²) in [6, 6.07) is 12.8. The van der Waals surface area contributed by atoms with E-state index in [9.17, 15) is 13.2 Å². The fourth-order valence-electron chi connectivity index (χ4n) is 2.70. The van der Waals surface area contributed by atoms with Crippen LogP contribution >= 0.6 is 11.6 Å². The maximum atomic E-state index is 12.7. The largest absolute Gasteiger partial charge is 0.355 e. The van der Waals surface area contributed by atoms with Gasteiger partial charge in [0.1, 0.15) is 0 Å². The molecular formula is C18H19ClN2O3S. The number of hydrogen-bond acceptors (Lipinski definition) is 3. The van der Waals surface area contributed by atoms with Gasteiger partial charge in [0.15, 0.2) is 0 Å². The Morgan fingerprint density at radius 1 is 1.08 bits per heavy atom. The highest BCUT2D eigenvalue weighted by atomic mass is 35.5. The van der Waals surface area contributed by atoms with Crippen LogP contribution in [-0.2, 0) is 10.0 Å². The van der Waals surface area contributed by atoms with Crippen molar-refractivity contribution in [3.8, 4) is 0 Å². The molecule has 0 spiro atoms. The number of nitrogens with one attached hydrogen (secondary N) is 2. The van der Waals surface area contributed by atoms with Crippen LogP contribution in [0.2, 0.25) is 5.02 Å². The minimum atomic E-state index is -3.69. The maximum absolute atomic E-state index is 12.7. The molecule has 7 heteroatoms. The van der Waals surface area contributed by atoms with E-state index in [1.807, 2.05) is 12.1 Å². The summed E-state index contributed by atoms with van der Waals surface area (Å²) in [6.07, 6.45) is 1.98. The fourth-order valence-corrected chi connectivity index (χ4v) is 4.12. The molecule has 1 saturated carbocycles. The number of halogens is 1. The highest BCUT2D eigenvalue weighted by molar-refractivity contribution is 7.89. The number of carbonyl (C=O) groups excluding carboxylic acids is 1. The molecule has 2 N–H and O–H groups in total. The van der Waals surface area contributed by atoms with E-state index in [0.29, 0.717) is 16.5 Å². The predicted octanol–water partition coefficient (Wildman–Crippen LogP) is 3.13. The summed E-state index contributed by atoms with van der Waals surface area (Å²) in [5, 5.41) is 3.12.